The summed E-state index contributed by atoms with van der Waals surface area (Å²) in [5, 5.41) is 3.73. The molecule has 0 atom stereocenters. The van der Waals surface area contributed by atoms with E-state index in [0.29, 0.717) is 26.8 Å². The highest BCUT2D eigenvalue weighted by atomic mass is 35.5. The number of fused-ring (bicyclic) bond motifs is 1. The van der Waals surface area contributed by atoms with Gasteiger partial charge in [0.25, 0.3) is 5.91 Å². The molecule has 0 radical (unpaired) electrons. The summed E-state index contributed by atoms with van der Waals surface area (Å²) in [6, 6.07) is 11.0. The number of hydrogen-bond donors (Lipinski definition) is 1. The molecule has 2 aromatic carbocycles. The van der Waals surface area contributed by atoms with Crippen molar-refractivity contribution in [3.63, 3.8) is 0 Å². The molecule has 4 aromatic rings. The van der Waals surface area contributed by atoms with Gasteiger partial charge in [-0.05, 0) is 35.9 Å². The van der Waals surface area contributed by atoms with E-state index in [0.717, 1.165) is 5.56 Å². The van der Waals surface area contributed by atoms with Crippen LogP contribution in [-0.4, -0.2) is 20.3 Å². The minimum atomic E-state index is -0.373. The minimum Gasteiger partial charge on any atom is -0.345 e. The topological polar surface area (TPSA) is 59.3 Å². The number of carbonyl (C=O) groups is 1. The number of halogens is 3. The fourth-order valence-electron chi connectivity index (χ4n) is 2.84. The van der Waals surface area contributed by atoms with Crippen molar-refractivity contribution in [1.29, 1.82) is 0 Å². The molecule has 1 N–H and O–H groups in total. The van der Waals surface area contributed by atoms with Crippen LogP contribution >= 0.6 is 23.2 Å². The van der Waals surface area contributed by atoms with Gasteiger partial charge in [0.15, 0.2) is 0 Å². The molecule has 4 rings (SSSR count). The molecule has 2 heterocycles. The van der Waals surface area contributed by atoms with E-state index in [-0.39, 0.29) is 24.1 Å². The number of carbonyl (C=O) groups excluding carboxylic acids is 1. The Hall–Kier alpha value is -2.96. The van der Waals surface area contributed by atoms with Crippen molar-refractivity contribution >= 4 is 34.6 Å². The molecule has 1 amide bonds. The number of benzene rings is 2. The lowest BCUT2D eigenvalue weighted by Gasteiger charge is -2.04. The van der Waals surface area contributed by atoms with Gasteiger partial charge in [-0.15, -0.1) is 0 Å². The normalized spacial score (nSPS) is 11.0. The predicted molar refractivity (Wildman–Crippen MR) is 106 cm³/mol. The van der Waals surface area contributed by atoms with Crippen molar-refractivity contribution in [3.8, 4) is 11.3 Å². The molecule has 2 aromatic heterocycles. The average molecular weight is 415 g/mol. The van der Waals surface area contributed by atoms with Gasteiger partial charge in [-0.1, -0.05) is 35.3 Å². The monoisotopic (exact) mass is 414 g/mol. The van der Waals surface area contributed by atoms with Crippen LogP contribution in [0.1, 0.15) is 16.2 Å². The third-order valence-corrected chi connectivity index (χ3v) is 4.75. The van der Waals surface area contributed by atoms with E-state index in [4.69, 9.17) is 23.2 Å². The van der Waals surface area contributed by atoms with E-state index in [1.807, 2.05) is 0 Å². The Morgan fingerprint density at radius 1 is 1.14 bits per heavy atom. The number of nitrogens with one attached hydrogen (secondary N) is 1. The lowest BCUT2D eigenvalue weighted by atomic mass is 10.1. The van der Waals surface area contributed by atoms with Crippen LogP contribution in [0, 0.1) is 5.82 Å². The highest BCUT2D eigenvalue weighted by Gasteiger charge is 2.20. The Bertz CT molecular complexity index is 1170. The third-order valence-electron chi connectivity index (χ3n) is 4.20. The van der Waals surface area contributed by atoms with Gasteiger partial charge < -0.3 is 5.32 Å². The quantitative estimate of drug-likeness (QED) is 0.522. The molecule has 28 heavy (non-hydrogen) atoms. The summed E-state index contributed by atoms with van der Waals surface area (Å²) < 4.78 is 14.7. The van der Waals surface area contributed by atoms with E-state index < -0.39 is 0 Å². The van der Waals surface area contributed by atoms with Crippen molar-refractivity contribution in [1.82, 2.24) is 19.7 Å². The van der Waals surface area contributed by atoms with Gasteiger partial charge in [-0.2, -0.15) is 0 Å². The van der Waals surface area contributed by atoms with Crippen LogP contribution in [0.15, 0.2) is 61.1 Å². The molecule has 0 fully saturated rings. The van der Waals surface area contributed by atoms with Crippen LogP contribution in [-0.2, 0) is 6.54 Å². The first-order valence-electron chi connectivity index (χ1n) is 8.33. The molecule has 8 heteroatoms. The Morgan fingerprint density at radius 3 is 2.68 bits per heavy atom. The number of rotatable bonds is 4. The van der Waals surface area contributed by atoms with Crippen molar-refractivity contribution in [2.45, 2.75) is 6.54 Å². The second-order valence-corrected chi connectivity index (χ2v) is 6.89. The van der Waals surface area contributed by atoms with Gasteiger partial charge in [0.2, 0.25) is 5.82 Å². The predicted octanol–water partition coefficient (Wildman–Crippen LogP) is 4.77. The van der Waals surface area contributed by atoms with Gasteiger partial charge in [0, 0.05) is 29.5 Å². The highest BCUT2D eigenvalue weighted by Crippen LogP contribution is 2.32. The molecule has 0 aliphatic carbocycles. The largest absolute Gasteiger partial charge is 0.345 e. The van der Waals surface area contributed by atoms with Crippen molar-refractivity contribution in [3.05, 3.63) is 88.3 Å². The maximum absolute atomic E-state index is 13.0. The zero-order valence-electron chi connectivity index (χ0n) is 14.4. The number of aromatic nitrogens is 3. The smallest absolute Gasteiger partial charge is 0.287 e. The van der Waals surface area contributed by atoms with Crippen LogP contribution < -0.4 is 5.32 Å². The summed E-state index contributed by atoms with van der Waals surface area (Å²) in [4.78, 5) is 21.4. The zero-order valence-corrected chi connectivity index (χ0v) is 15.9. The van der Waals surface area contributed by atoms with Crippen molar-refractivity contribution < 1.29 is 9.18 Å². The van der Waals surface area contributed by atoms with Crippen LogP contribution in [0.2, 0.25) is 10.0 Å². The molecule has 0 aliphatic rings. The Labute approximate surface area is 169 Å². The molecule has 0 spiro atoms. The maximum Gasteiger partial charge on any atom is 0.287 e. The van der Waals surface area contributed by atoms with Gasteiger partial charge in [0.05, 0.1) is 16.7 Å². The number of amides is 1. The van der Waals surface area contributed by atoms with E-state index >= 15 is 0 Å². The van der Waals surface area contributed by atoms with Crippen LogP contribution in [0.4, 0.5) is 4.39 Å². The lowest BCUT2D eigenvalue weighted by Crippen LogP contribution is -2.25. The Kier molecular flexibility index (Phi) is 4.98. The van der Waals surface area contributed by atoms with E-state index in [1.165, 1.54) is 12.1 Å². The van der Waals surface area contributed by atoms with Gasteiger partial charge in [-0.3, -0.25) is 14.2 Å². The van der Waals surface area contributed by atoms with E-state index in [2.05, 4.69) is 15.3 Å². The minimum absolute atomic E-state index is 0.195. The summed E-state index contributed by atoms with van der Waals surface area (Å²) in [6.07, 6.45) is 4.84. The fourth-order valence-corrected chi connectivity index (χ4v) is 3.34. The molecule has 5 nitrogen and oxygen atoms in total. The molecule has 0 aliphatic heterocycles. The van der Waals surface area contributed by atoms with Crippen LogP contribution in [0.25, 0.3) is 16.8 Å². The molecule has 0 saturated heterocycles. The first-order chi connectivity index (χ1) is 13.5. The second kappa shape index (κ2) is 7.58. The summed E-state index contributed by atoms with van der Waals surface area (Å²) in [5.74, 6) is -0.506. The SMILES string of the molecule is O=C(NCc1ccc(F)cc1)c1nc(-c2ccc(Cl)cc2Cl)c2cnccn12. The Balaban J connectivity index is 1.69. The second-order valence-electron chi connectivity index (χ2n) is 6.05. The van der Waals surface area contributed by atoms with Crippen LogP contribution in [0.5, 0.6) is 0 Å². The average Bonchev–Trinajstić information content (AvgIpc) is 3.07. The first kappa shape index (κ1) is 18.4. The maximum atomic E-state index is 13.0. The number of imidazole rings is 1. The molecular weight excluding hydrogens is 402 g/mol. The van der Waals surface area contributed by atoms with Crippen molar-refractivity contribution in [2.75, 3.05) is 0 Å². The molecular formula is C20H13Cl2FN4O. The zero-order chi connectivity index (χ0) is 19.7. The van der Waals surface area contributed by atoms with Gasteiger partial charge in [0.1, 0.15) is 11.5 Å². The van der Waals surface area contributed by atoms with E-state index in [1.54, 1.807) is 53.3 Å². The molecule has 0 bridgehead atoms. The standard InChI is InChI=1S/C20H13Cl2FN4O/c21-13-3-6-15(16(22)9-13)18-17-11-24-7-8-27(17)19(26-18)20(28)25-10-12-1-4-14(23)5-2-12/h1-9,11H,10H2,(H,25,28). The Morgan fingerprint density at radius 2 is 1.93 bits per heavy atom. The van der Waals surface area contributed by atoms with Gasteiger partial charge >= 0.3 is 0 Å². The lowest BCUT2D eigenvalue weighted by molar-refractivity contribution is 0.0940. The summed E-state index contributed by atoms with van der Waals surface area (Å²) in [5.41, 5.74) is 2.59. The van der Waals surface area contributed by atoms with Crippen LogP contribution in [0.3, 0.4) is 0 Å². The number of hydrogen-bond acceptors (Lipinski definition) is 3. The fraction of sp³-hybridized carbons (Fsp3) is 0.0500. The molecule has 140 valence electrons. The molecule has 0 unspecified atom stereocenters. The van der Waals surface area contributed by atoms with E-state index in [9.17, 15) is 9.18 Å². The summed E-state index contributed by atoms with van der Waals surface area (Å²) in [6.45, 7) is 0.246. The molecule has 0 saturated carbocycles. The summed E-state index contributed by atoms with van der Waals surface area (Å²) >= 11 is 12.3. The first-order valence-corrected chi connectivity index (χ1v) is 9.08. The van der Waals surface area contributed by atoms with Gasteiger partial charge in [-0.25, -0.2) is 9.37 Å². The number of nitrogens with zero attached hydrogens (tertiary/aromatic N) is 3. The van der Waals surface area contributed by atoms with Crippen molar-refractivity contribution in [2.24, 2.45) is 0 Å². The summed E-state index contributed by atoms with van der Waals surface area (Å²) in [7, 11) is 0. The highest BCUT2D eigenvalue weighted by molar-refractivity contribution is 6.36. The third kappa shape index (κ3) is 3.56.